The van der Waals surface area contributed by atoms with Gasteiger partial charge in [-0.1, -0.05) is 12.1 Å². The van der Waals surface area contributed by atoms with Gasteiger partial charge in [0.15, 0.2) is 5.79 Å². The molecule has 4 atom stereocenters. The van der Waals surface area contributed by atoms with Crippen molar-refractivity contribution in [3.8, 4) is 11.5 Å². The van der Waals surface area contributed by atoms with Gasteiger partial charge in [-0.05, 0) is 49.2 Å². The number of carbonyl (C=O) groups is 2. The van der Waals surface area contributed by atoms with Crippen LogP contribution in [0.25, 0.3) is 0 Å². The number of aromatic nitrogens is 2. The Morgan fingerprint density at radius 3 is 2.85 bits per heavy atom. The number of rotatable bonds is 6. The van der Waals surface area contributed by atoms with Crippen molar-refractivity contribution >= 4 is 17.6 Å². The van der Waals surface area contributed by atoms with Gasteiger partial charge >= 0.3 is 6.03 Å². The highest BCUT2D eigenvalue weighted by Crippen LogP contribution is 2.37. The molecule has 11 nitrogen and oxygen atoms in total. The van der Waals surface area contributed by atoms with Crippen molar-refractivity contribution in [3.05, 3.63) is 71.8 Å². The van der Waals surface area contributed by atoms with E-state index < -0.39 is 17.9 Å². The first kappa shape index (κ1) is 27.2. The number of nitrogens with zero attached hydrogens (tertiary/aromatic N) is 3. The maximum Gasteiger partial charge on any atom is 0.342 e. The lowest BCUT2D eigenvalue weighted by Gasteiger charge is -2.22. The third-order valence-electron chi connectivity index (χ3n) is 7.24. The van der Waals surface area contributed by atoms with E-state index in [1.54, 1.807) is 43.6 Å². The number of carbonyl (C=O) groups excluding carboxylic acids is 2. The van der Waals surface area contributed by atoms with Crippen LogP contribution in [0.5, 0.6) is 11.5 Å². The summed E-state index contributed by atoms with van der Waals surface area (Å²) in [6, 6.07) is 9.88. The van der Waals surface area contributed by atoms with Gasteiger partial charge in [0.05, 0.1) is 18.5 Å². The van der Waals surface area contributed by atoms with Crippen LogP contribution >= 0.6 is 0 Å². The van der Waals surface area contributed by atoms with Crippen molar-refractivity contribution < 1.29 is 37.7 Å². The summed E-state index contributed by atoms with van der Waals surface area (Å²) in [5.74, 6) is -0.338. The molecule has 1 aromatic heterocycles. The maximum atomic E-state index is 13.5. The van der Waals surface area contributed by atoms with E-state index in [2.05, 4.69) is 10.4 Å². The molecule has 2 amide bonds. The van der Waals surface area contributed by atoms with Gasteiger partial charge < -0.3 is 33.9 Å². The van der Waals surface area contributed by atoms with Crippen LogP contribution in [0.1, 0.15) is 25.0 Å². The highest BCUT2D eigenvalue weighted by Gasteiger charge is 2.50. The summed E-state index contributed by atoms with van der Waals surface area (Å²) < 4.78 is 44.1. The number of fused-ring (bicyclic) bond motifs is 2. The predicted molar refractivity (Wildman–Crippen MR) is 144 cm³/mol. The minimum absolute atomic E-state index is 0.0638. The number of benzene rings is 2. The van der Waals surface area contributed by atoms with Crippen LogP contribution < -0.4 is 19.7 Å². The van der Waals surface area contributed by atoms with Gasteiger partial charge in [0.2, 0.25) is 0 Å². The molecule has 0 spiro atoms. The third kappa shape index (κ3) is 5.76. The molecule has 6 rings (SSSR count). The SMILES string of the molecule is CN1C(=O)[C@@H](NC(=O)n2cc(Cc3cccc(F)c3)cn2)COc2ccc(OC[C@@H]3OC[C@H]4OC(C)(C)O[C@@H]34)cc21. The zero-order chi connectivity index (χ0) is 28.7. The molecule has 0 radical (unpaired) electrons. The fraction of sp³-hybridized carbons (Fsp3) is 0.414. The minimum atomic E-state index is -0.952. The summed E-state index contributed by atoms with van der Waals surface area (Å²) in [5, 5.41) is 6.79. The molecule has 3 aliphatic heterocycles. The number of amides is 2. The lowest BCUT2D eigenvalue weighted by Crippen LogP contribution is -2.50. The number of likely N-dealkylation sites (N-methyl/N-ethyl adjacent to an activating group) is 1. The number of anilines is 1. The molecule has 3 aromatic rings. The Hall–Kier alpha value is -4.00. The first-order valence-electron chi connectivity index (χ1n) is 13.4. The Bertz CT molecular complexity index is 1460. The summed E-state index contributed by atoms with van der Waals surface area (Å²) in [6.45, 7) is 4.38. The Morgan fingerprint density at radius 2 is 2.02 bits per heavy atom. The smallest absolute Gasteiger partial charge is 0.342 e. The zero-order valence-electron chi connectivity index (χ0n) is 22.9. The van der Waals surface area contributed by atoms with E-state index in [1.807, 2.05) is 13.8 Å². The van der Waals surface area contributed by atoms with Crippen molar-refractivity contribution in [1.82, 2.24) is 15.1 Å². The fourth-order valence-electron chi connectivity index (χ4n) is 5.27. The Kier molecular flexibility index (Phi) is 7.14. The Balaban J connectivity index is 1.07. The summed E-state index contributed by atoms with van der Waals surface area (Å²) >= 11 is 0. The van der Waals surface area contributed by atoms with Gasteiger partial charge in [0.1, 0.15) is 54.9 Å². The number of halogens is 1. The Morgan fingerprint density at radius 1 is 1.17 bits per heavy atom. The van der Waals surface area contributed by atoms with Crippen molar-refractivity contribution in [1.29, 1.82) is 0 Å². The standard InChI is InChI=1S/C29H31FN4O7/c1-29(2)40-25-16-39-24(26(25)41-29)15-37-20-7-8-23-22(11-20)33(3)27(35)21(14-38-23)32-28(36)34-13-18(12-31-34)9-17-5-4-6-19(30)10-17/h4-8,10-13,21,24-26H,9,14-16H2,1-3H3,(H,32,36)/t21-,24-,25+,26-/m0/s1. The van der Waals surface area contributed by atoms with Crippen LogP contribution in [0.3, 0.4) is 0 Å². The molecule has 0 bridgehead atoms. The largest absolute Gasteiger partial charge is 0.491 e. The van der Waals surface area contributed by atoms with Gasteiger partial charge in [-0.2, -0.15) is 9.78 Å². The van der Waals surface area contributed by atoms with Crippen molar-refractivity contribution in [2.45, 2.75) is 50.4 Å². The molecule has 2 aromatic carbocycles. The molecular weight excluding hydrogens is 535 g/mol. The van der Waals surface area contributed by atoms with Crippen molar-refractivity contribution in [2.24, 2.45) is 0 Å². The summed E-state index contributed by atoms with van der Waals surface area (Å²) in [4.78, 5) is 27.6. The molecule has 3 aliphatic rings. The maximum absolute atomic E-state index is 13.5. The van der Waals surface area contributed by atoms with E-state index in [9.17, 15) is 14.0 Å². The predicted octanol–water partition coefficient (Wildman–Crippen LogP) is 2.89. The molecule has 0 unspecified atom stereocenters. The summed E-state index contributed by atoms with van der Waals surface area (Å²) in [6.07, 6.45) is 2.86. The highest BCUT2D eigenvalue weighted by atomic mass is 19.1. The van der Waals surface area contributed by atoms with E-state index in [1.165, 1.54) is 23.2 Å². The molecule has 12 heteroatoms. The number of nitrogens with one attached hydrogen (secondary N) is 1. The second-order valence-corrected chi connectivity index (χ2v) is 10.8. The lowest BCUT2D eigenvalue weighted by atomic mass is 10.1. The minimum Gasteiger partial charge on any atom is -0.491 e. The van der Waals surface area contributed by atoms with E-state index in [0.717, 1.165) is 15.8 Å². The van der Waals surface area contributed by atoms with Crippen molar-refractivity contribution in [3.63, 3.8) is 0 Å². The van der Waals surface area contributed by atoms with Crippen LogP contribution in [0.4, 0.5) is 14.9 Å². The van der Waals surface area contributed by atoms with E-state index >= 15 is 0 Å². The van der Waals surface area contributed by atoms with Gasteiger partial charge in [-0.3, -0.25) is 4.79 Å². The van der Waals surface area contributed by atoms with E-state index in [0.29, 0.717) is 30.2 Å². The van der Waals surface area contributed by atoms with Crippen LogP contribution in [0.2, 0.25) is 0 Å². The summed E-state index contributed by atoms with van der Waals surface area (Å²) in [5.41, 5.74) is 1.98. The monoisotopic (exact) mass is 566 g/mol. The number of hydrogen-bond acceptors (Lipinski definition) is 8. The average Bonchev–Trinajstić information content (AvgIpc) is 3.61. The number of ether oxygens (including phenoxy) is 5. The first-order valence-corrected chi connectivity index (χ1v) is 13.4. The van der Waals surface area contributed by atoms with Gasteiger partial charge in [-0.15, -0.1) is 0 Å². The zero-order valence-corrected chi connectivity index (χ0v) is 22.9. The molecule has 1 N–H and O–H groups in total. The van der Waals surface area contributed by atoms with E-state index in [-0.39, 0.29) is 43.3 Å². The molecule has 0 saturated carbocycles. The molecule has 4 heterocycles. The van der Waals surface area contributed by atoms with E-state index in [4.69, 9.17) is 23.7 Å². The lowest BCUT2D eigenvalue weighted by molar-refractivity contribution is -0.177. The molecule has 216 valence electrons. The normalized spacial score (nSPS) is 24.8. The van der Waals surface area contributed by atoms with Gasteiger partial charge in [0, 0.05) is 25.7 Å². The molecule has 2 fully saturated rings. The highest BCUT2D eigenvalue weighted by molar-refractivity contribution is 6.00. The fourth-order valence-corrected chi connectivity index (χ4v) is 5.27. The average molecular weight is 567 g/mol. The topological polar surface area (TPSA) is 113 Å². The molecule has 2 saturated heterocycles. The van der Waals surface area contributed by atoms with Gasteiger partial charge in [-0.25, -0.2) is 9.18 Å². The Labute approximate surface area is 236 Å². The molecule has 41 heavy (non-hydrogen) atoms. The first-order chi connectivity index (χ1) is 19.6. The van der Waals surface area contributed by atoms with Crippen LogP contribution in [0, 0.1) is 5.82 Å². The van der Waals surface area contributed by atoms with Crippen LogP contribution in [-0.2, 0) is 25.4 Å². The molecular formula is C29H31FN4O7. The molecule has 0 aliphatic carbocycles. The third-order valence-corrected chi connectivity index (χ3v) is 7.24. The quantitative estimate of drug-likeness (QED) is 0.485. The van der Waals surface area contributed by atoms with Crippen LogP contribution in [-0.4, -0.2) is 78.7 Å². The summed E-state index contributed by atoms with van der Waals surface area (Å²) in [7, 11) is 1.61. The number of hydrogen-bond donors (Lipinski definition) is 1. The van der Waals surface area contributed by atoms with Crippen LogP contribution in [0.15, 0.2) is 54.9 Å². The van der Waals surface area contributed by atoms with Crippen molar-refractivity contribution in [2.75, 3.05) is 31.8 Å². The second kappa shape index (κ2) is 10.8. The van der Waals surface area contributed by atoms with Gasteiger partial charge in [0.25, 0.3) is 5.91 Å². The second-order valence-electron chi connectivity index (χ2n) is 10.8.